The molecule has 1 N–H and O–H groups in total. The van der Waals surface area contributed by atoms with Crippen molar-refractivity contribution in [2.45, 2.75) is 19.3 Å². The summed E-state index contributed by atoms with van der Waals surface area (Å²) in [6.45, 7) is 4.04. The highest BCUT2D eigenvalue weighted by atomic mass is 16.6. The summed E-state index contributed by atoms with van der Waals surface area (Å²) in [5, 5.41) is 11.6. The summed E-state index contributed by atoms with van der Waals surface area (Å²) < 4.78 is 0. The molecule has 0 aliphatic carbocycles. The first kappa shape index (κ1) is 8.43. The fourth-order valence-corrected chi connectivity index (χ4v) is 0.520. The quantitative estimate of drug-likeness (QED) is 0.329. The minimum atomic E-state index is 0.265. The first-order valence-electron chi connectivity index (χ1n) is 3.10. The largest absolute Gasteiger partial charge is 0.396 e. The maximum Gasteiger partial charge on any atom is 0.117 e. The number of rotatable bonds is 6. The third-order valence-corrected chi connectivity index (χ3v) is 0.985. The van der Waals surface area contributed by atoms with Crippen LogP contribution in [0.4, 0.5) is 0 Å². The molecule has 9 heavy (non-hydrogen) atoms. The molecule has 0 spiro atoms. The van der Waals surface area contributed by atoms with Gasteiger partial charge >= 0.3 is 0 Å². The molecule has 0 aromatic carbocycles. The van der Waals surface area contributed by atoms with Gasteiger partial charge in [0.15, 0.2) is 0 Å². The number of hydrogen-bond acceptors (Lipinski definition) is 3. The zero-order valence-corrected chi connectivity index (χ0v) is 5.55. The zero-order valence-electron chi connectivity index (χ0n) is 5.55. The van der Waals surface area contributed by atoms with Crippen molar-refractivity contribution in [1.29, 1.82) is 0 Å². The van der Waals surface area contributed by atoms with Gasteiger partial charge in [-0.2, -0.15) is 0 Å². The van der Waals surface area contributed by atoms with Gasteiger partial charge < -0.3 is 9.94 Å². The smallest absolute Gasteiger partial charge is 0.117 e. The van der Waals surface area contributed by atoms with Crippen LogP contribution < -0.4 is 0 Å². The Kier molecular flexibility index (Phi) is 6.96. The minimum Gasteiger partial charge on any atom is -0.396 e. The third-order valence-electron chi connectivity index (χ3n) is 0.985. The van der Waals surface area contributed by atoms with E-state index < -0.39 is 0 Å². The van der Waals surface area contributed by atoms with Crippen LogP contribution in [0.1, 0.15) is 19.3 Å². The van der Waals surface area contributed by atoms with Crippen LogP contribution in [0.15, 0.2) is 5.16 Å². The molecule has 0 atom stereocenters. The zero-order chi connectivity index (χ0) is 6.95. The van der Waals surface area contributed by atoms with Gasteiger partial charge in [0.05, 0.1) is 0 Å². The summed E-state index contributed by atoms with van der Waals surface area (Å²) in [5.41, 5.74) is 0. The van der Waals surface area contributed by atoms with Gasteiger partial charge in [0.2, 0.25) is 0 Å². The summed E-state index contributed by atoms with van der Waals surface area (Å²) in [7, 11) is 0. The first-order chi connectivity index (χ1) is 4.41. The molecule has 0 amide bonds. The summed E-state index contributed by atoms with van der Waals surface area (Å²) in [4.78, 5) is 4.61. The van der Waals surface area contributed by atoms with Crippen molar-refractivity contribution in [2.24, 2.45) is 5.16 Å². The first-order valence-corrected chi connectivity index (χ1v) is 3.10. The molecule has 0 heterocycles. The van der Waals surface area contributed by atoms with E-state index in [-0.39, 0.29) is 6.61 Å². The molecule has 0 aromatic heterocycles. The van der Waals surface area contributed by atoms with Crippen molar-refractivity contribution in [2.75, 3.05) is 13.2 Å². The number of aliphatic hydroxyl groups is 1. The van der Waals surface area contributed by atoms with E-state index in [1.807, 2.05) is 0 Å². The van der Waals surface area contributed by atoms with E-state index >= 15 is 0 Å². The van der Waals surface area contributed by atoms with Crippen LogP contribution in [-0.2, 0) is 4.84 Å². The topological polar surface area (TPSA) is 41.8 Å². The van der Waals surface area contributed by atoms with Crippen LogP contribution in [0.5, 0.6) is 0 Å². The van der Waals surface area contributed by atoms with Gasteiger partial charge in [0.25, 0.3) is 0 Å². The number of oxime groups is 1. The molecule has 54 valence electrons. The van der Waals surface area contributed by atoms with Crippen molar-refractivity contribution in [1.82, 2.24) is 0 Å². The van der Waals surface area contributed by atoms with Crippen molar-refractivity contribution >= 4 is 6.72 Å². The molecule has 0 aliphatic heterocycles. The van der Waals surface area contributed by atoms with E-state index in [9.17, 15) is 0 Å². The standard InChI is InChI=1S/C6H13NO2/c1-7-9-6-4-2-3-5-8/h8H,1-6H2. The molecular weight excluding hydrogens is 118 g/mol. The predicted octanol–water partition coefficient (Wildman–Crippen LogP) is 0.781. The molecule has 0 radical (unpaired) electrons. The van der Waals surface area contributed by atoms with Gasteiger partial charge in [-0.1, -0.05) is 0 Å². The highest BCUT2D eigenvalue weighted by Crippen LogP contribution is 1.93. The Morgan fingerprint density at radius 3 is 2.67 bits per heavy atom. The minimum absolute atomic E-state index is 0.265. The van der Waals surface area contributed by atoms with Crippen LogP contribution in [0.3, 0.4) is 0 Å². The highest BCUT2D eigenvalue weighted by Gasteiger charge is 1.85. The second kappa shape index (κ2) is 7.43. The lowest BCUT2D eigenvalue weighted by Gasteiger charge is -1.95. The Bertz CT molecular complexity index is 66.1. The Hall–Kier alpha value is -0.570. The Morgan fingerprint density at radius 1 is 1.33 bits per heavy atom. The number of unbranched alkanes of at least 4 members (excludes halogenated alkanes) is 2. The van der Waals surface area contributed by atoms with Crippen molar-refractivity contribution in [3.05, 3.63) is 0 Å². The van der Waals surface area contributed by atoms with Crippen LogP contribution in [0.25, 0.3) is 0 Å². The number of aliphatic hydroxyl groups excluding tert-OH is 1. The maximum atomic E-state index is 8.35. The number of nitrogens with zero attached hydrogens (tertiary/aromatic N) is 1. The summed E-state index contributed by atoms with van der Waals surface area (Å²) in [6.07, 6.45) is 2.78. The number of hydrogen-bond donors (Lipinski definition) is 1. The fourth-order valence-electron chi connectivity index (χ4n) is 0.520. The van der Waals surface area contributed by atoms with E-state index in [1.165, 1.54) is 0 Å². The lowest BCUT2D eigenvalue weighted by molar-refractivity contribution is 0.140. The van der Waals surface area contributed by atoms with Crippen molar-refractivity contribution < 1.29 is 9.94 Å². The second-order valence-electron chi connectivity index (χ2n) is 1.75. The predicted molar refractivity (Wildman–Crippen MR) is 36.4 cm³/mol. The molecule has 0 rings (SSSR count). The molecule has 0 aliphatic rings. The molecular formula is C6H13NO2. The van der Waals surface area contributed by atoms with Crippen molar-refractivity contribution in [3.63, 3.8) is 0 Å². The van der Waals surface area contributed by atoms with E-state index in [0.29, 0.717) is 6.61 Å². The summed E-state index contributed by atoms with van der Waals surface area (Å²) in [5.74, 6) is 0. The van der Waals surface area contributed by atoms with E-state index in [1.54, 1.807) is 0 Å². The molecule has 0 saturated carbocycles. The summed E-state index contributed by atoms with van der Waals surface area (Å²) in [6, 6.07) is 0. The molecule has 0 saturated heterocycles. The molecule has 3 heteroatoms. The average molecular weight is 131 g/mol. The molecule has 3 nitrogen and oxygen atoms in total. The van der Waals surface area contributed by atoms with E-state index in [2.05, 4.69) is 16.7 Å². The van der Waals surface area contributed by atoms with Gasteiger partial charge in [-0.05, 0) is 19.3 Å². The lowest BCUT2D eigenvalue weighted by atomic mass is 10.2. The molecule has 0 unspecified atom stereocenters. The van der Waals surface area contributed by atoms with Gasteiger partial charge in [-0.15, -0.1) is 5.16 Å². The Morgan fingerprint density at radius 2 is 2.11 bits per heavy atom. The van der Waals surface area contributed by atoms with Crippen LogP contribution in [-0.4, -0.2) is 25.0 Å². The molecule has 0 bridgehead atoms. The average Bonchev–Trinajstić information content (AvgIpc) is 1.89. The highest BCUT2D eigenvalue weighted by molar-refractivity contribution is 5.21. The maximum absolute atomic E-state index is 8.35. The fraction of sp³-hybridized carbons (Fsp3) is 0.833. The molecule has 0 aromatic rings. The Balaban J connectivity index is 2.66. The molecule has 0 fully saturated rings. The van der Waals surface area contributed by atoms with Gasteiger partial charge in [0.1, 0.15) is 6.61 Å². The van der Waals surface area contributed by atoms with Gasteiger partial charge in [-0.3, -0.25) is 0 Å². The Labute approximate surface area is 55.3 Å². The lowest BCUT2D eigenvalue weighted by Crippen LogP contribution is -1.89. The SMILES string of the molecule is C=NOCCCCCO. The van der Waals surface area contributed by atoms with Crippen LogP contribution >= 0.6 is 0 Å². The third kappa shape index (κ3) is 7.43. The van der Waals surface area contributed by atoms with E-state index in [4.69, 9.17) is 5.11 Å². The monoisotopic (exact) mass is 131 g/mol. The van der Waals surface area contributed by atoms with E-state index in [0.717, 1.165) is 19.3 Å². The van der Waals surface area contributed by atoms with Crippen molar-refractivity contribution in [3.8, 4) is 0 Å². The normalized spacial score (nSPS) is 9.00. The summed E-state index contributed by atoms with van der Waals surface area (Å²) >= 11 is 0. The van der Waals surface area contributed by atoms with Gasteiger partial charge in [0, 0.05) is 13.3 Å². The van der Waals surface area contributed by atoms with Crippen LogP contribution in [0.2, 0.25) is 0 Å². The van der Waals surface area contributed by atoms with Crippen LogP contribution in [0, 0.1) is 0 Å². The second-order valence-corrected chi connectivity index (χ2v) is 1.75. The van der Waals surface area contributed by atoms with Gasteiger partial charge in [-0.25, -0.2) is 0 Å².